The van der Waals surface area contributed by atoms with E-state index in [0.717, 1.165) is 16.8 Å². The first kappa shape index (κ1) is 22.4. The van der Waals surface area contributed by atoms with Gasteiger partial charge in [0.1, 0.15) is 0 Å². The molecule has 0 radical (unpaired) electrons. The van der Waals surface area contributed by atoms with Gasteiger partial charge in [0.25, 0.3) is 0 Å². The van der Waals surface area contributed by atoms with Gasteiger partial charge >= 0.3 is 5.97 Å². The molecule has 0 aliphatic heterocycles. The maximum Gasteiger partial charge on any atom is 0.339 e. The van der Waals surface area contributed by atoms with E-state index in [1.165, 1.54) is 7.11 Å². The third-order valence-corrected chi connectivity index (χ3v) is 5.17. The van der Waals surface area contributed by atoms with Crippen molar-refractivity contribution in [1.82, 2.24) is 9.88 Å². The van der Waals surface area contributed by atoms with Gasteiger partial charge in [-0.2, -0.15) is 0 Å². The zero-order chi connectivity index (χ0) is 21.9. The van der Waals surface area contributed by atoms with Crippen molar-refractivity contribution in [3.8, 4) is 0 Å². The van der Waals surface area contributed by atoms with Gasteiger partial charge in [-0.3, -0.25) is 14.5 Å². The number of aromatic nitrogens is 1. The first-order chi connectivity index (χ1) is 13.6. The van der Waals surface area contributed by atoms with Crippen LogP contribution < -0.4 is 5.32 Å². The van der Waals surface area contributed by atoms with Crippen LogP contribution in [0.25, 0.3) is 0 Å². The standard InChI is InChI=1S/C22H29N3O4/c1-12-8-9-13(2)17(10-12)24-18(26)11-25(6)16(5)21(27)20-14(3)19(15(4)23-20)22(28)29-7/h8-10,16,23H,11H2,1-7H3,(H,24,26)/t16-/m0/s1. The second-order valence-corrected chi connectivity index (χ2v) is 7.44. The fourth-order valence-corrected chi connectivity index (χ4v) is 3.24. The molecule has 1 aromatic carbocycles. The van der Waals surface area contributed by atoms with E-state index < -0.39 is 12.0 Å². The molecule has 2 N–H and O–H groups in total. The smallest absolute Gasteiger partial charge is 0.339 e. The fraction of sp³-hybridized carbons (Fsp3) is 0.409. The lowest BCUT2D eigenvalue weighted by Crippen LogP contribution is -2.41. The SMILES string of the molecule is COC(=O)c1c(C)[nH]c(C(=O)[C@H](C)N(C)CC(=O)Nc2cc(C)ccc2C)c1C. The third-order valence-electron chi connectivity index (χ3n) is 5.17. The maximum absolute atomic E-state index is 13.0. The number of likely N-dealkylation sites (N-methyl/N-ethyl adjacent to an activating group) is 1. The number of nitrogens with one attached hydrogen (secondary N) is 2. The van der Waals surface area contributed by atoms with Gasteiger partial charge in [-0.25, -0.2) is 4.79 Å². The van der Waals surface area contributed by atoms with Crippen LogP contribution >= 0.6 is 0 Å². The molecule has 0 unspecified atom stereocenters. The number of hydrogen-bond acceptors (Lipinski definition) is 5. The number of nitrogens with zero attached hydrogens (tertiary/aromatic N) is 1. The van der Waals surface area contributed by atoms with Crippen LogP contribution in [0.5, 0.6) is 0 Å². The van der Waals surface area contributed by atoms with Gasteiger partial charge < -0.3 is 15.0 Å². The highest BCUT2D eigenvalue weighted by Crippen LogP contribution is 2.21. The topological polar surface area (TPSA) is 91.5 Å². The largest absolute Gasteiger partial charge is 0.465 e. The number of carbonyl (C=O) groups excluding carboxylic acids is 3. The molecular formula is C22H29N3O4. The lowest BCUT2D eigenvalue weighted by molar-refractivity contribution is -0.117. The van der Waals surface area contributed by atoms with Crippen LogP contribution in [0.2, 0.25) is 0 Å². The monoisotopic (exact) mass is 399 g/mol. The first-order valence-corrected chi connectivity index (χ1v) is 9.45. The molecule has 156 valence electrons. The number of aryl methyl sites for hydroxylation is 3. The molecule has 0 fully saturated rings. The van der Waals surface area contributed by atoms with Crippen LogP contribution in [0.4, 0.5) is 5.69 Å². The number of Topliss-reactive ketones (excluding diaryl/α,β-unsaturated/α-hetero) is 1. The second-order valence-electron chi connectivity index (χ2n) is 7.44. The van der Waals surface area contributed by atoms with E-state index in [0.29, 0.717) is 22.5 Å². The summed E-state index contributed by atoms with van der Waals surface area (Å²) in [5.74, 6) is -0.873. The van der Waals surface area contributed by atoms with Gasteiger partial charge in [-0.1, -0.05) is 12.1 Å². The van der Waals surface area contributed by atoms with Gasteiger partial charge in [0.15, 0.2) is 5.78 Å². The van der Waals surface area contributed by atoms with Gasteiger partial charge in [-0.05, 0) is 64.4 Å². The number of rotatable bonds is 7. The Morgan fingerprint density at radius 3 is 2.45 bits per heavy atom. The lowest BCUT2D eigenvalue weighted by atomic mass is 10.0. The number of ketones is 1. The molecule has 0 aliphatic rings. The minimum absolute atomic E-state index is 0.0584. The fourth-order valence-electron chi connectivity index (χ4n) is 3.24. The Hall–Kier alpha value is -2.93. The van der Waals surface area contributed by atoms with Crippen molar-refractivity contribution in [2.45, 2.75) is 40.7 Å². The Morgan fingerprint density at radius 2 is 1.83 bits per heavy atom. The maximum atomic E-state index is 13.0. The number of carbonyl (C=O) groups is 3. The molecule has 1 aromatic heterocycles. The van der Waals surface area contributed by atoms with Crippen LogP contribution in [0.15, 0.2) is 18.2 Å². The van der Waals surface area contributed by atoms with E-state index in [1.807, 2.05) is 32.0 Å². The van der Waals surface area contributed by atoms with Crippen molar-refractivity contribution in [2.24, 2.45) is 0 Å². The molecule has 1 heterocycles. The number of H-pyrrole nitrogens is 1. The molecule has 0 aliphatic carbocycles. The highest BCUT2D eigenvalue weighted by molar-refractivity contribution is 6.04. The minimum Gasteiger partial charge on any atom is -0.465 e. The number of anilines is 1. The van der Waals surface area contributed by atoms with E-state index in [-0.39, 0.29) is 18.2 Å². The molecule has 1 amide bonds. The molecule has 29 heavy (non-hydrogen) atoms. The summed E-state index contributed by atoms with van der Waals surface area (Å²) in [6, 6.07) is 5.31. The predicted octanol–water partition coefficient (Wildman–Crippen LogP) is 3.18. The summed E-state index contributed by atoms with van der Waals surface area (Å²) in [7, 11) is 3.03. The van der Waals surface area contributed by atoms with Crippen LogP contribution in [0, 0.1) is 27.7 Å². The number of benzene rings is 1. The predicted molar refractivity (Wildman–Crippen MR) is 113 cm³/mol. The zero-order valence-electron chi connectivity index (χ0n) is 18.1. The molecule has 7 nitrogen and oxygen atoms in total. The molecule has 1 atom stereocenters. The number of methoxy groups -OCH3 is 1. The summed E-state index contributed by atoms with van der Waals surface area (Å²) < 4.78 is 4.79. The third kappa shape index (κ3) is 4.92. The Bertz CT molecular complexity index is 946. The van der Waals surface area contributed by atoms with Crippen molar-refractivity contribution in [3.63, 3.8) is 0 Å². The van der Waals surface area contributed by atoms with E-state index in [4.69, 9.17) is 4.74 Å². The van der Waals surface area contributed by atoms with Gasteiger partial charge in [0, 0.05) is 11.4 Å². The van der Waals surface area contributed by atoms with Gasteiger partial charge in [-0.15, -0.1) is 0 Å². The molecule has 0 saturated heterocycles. The second kappa shape index (κ2) is 9.05. The quantitative estimate of drug-likeness (QED) is 0.551. The van der Waals surface area contributed by atoms with Gasteiger partial charge in [0.2, 0.25) is 5.91 Å². The number of amides is 1. The molecule has 2 aromatic rings. The average Bonchev–Trinajstić information content (AvgIpc) is 2.96. The average molecular weight is 399 g/mol. The first-order valence-electron chi connectivity index (χ1n) is 9.45. The van der Waals surface area contributed by atoms with Crippen molar-refractivity contribution >= 4 is 23.3 Å². The number of esters is 1. The van der Waals surface area contributed by atoms with E-state index in [1.54, 1.807) is 32.7 Å². The van der Waals surface area contributed by atoms with Crippen molar-refractivity contribution in [1.29, 1.82) is 0 Å². The summed E-state index contributed by atoms with van der Waals surface area (Å²) >= 11 is 0. The van der Waals surface area contributed by atoms with E-state index in [9.17, 15) is 14.4 Å². The van der Waals surface area contributed by atoms with E-state index in [2.05, 4.69) is 10.3 Å². The molecular weight excluding hydrogens is 370 g/mol. The zero-order valence-corrected chi connectivity index (χ0v) is 18.1. The van der Waals surface area contributed by atoms with Crippen LogP contribution in [0.3, 0.4) is 0 Å². The Balaban J connectivity index is 2.10. The van der Waals surface area contributed by atoms with Crippen LogP contribution in [0.1, 0.15) is 50.2 Å². The lowest BCUT2D eigenvalue weighted by Gasteiger charge is -2.23. The Kier molecular flexibility index (Phi) is 6.97. The highest BCUT2D eigenvalue weighted by atomic mass is 16.5. The molecule has 7 heteroatoms. The normalized spacial score (nSPS) is 12.0. The van der Waals surface area contributed by atoms with Crippen molar-refractivity contribution < 1.29 is 19.1 Å². The van der Waals surface area contributed by atoms with Crippen LogP contribution in [-0.4, -0.2) is 54.3 Å². The summed E-state index contributed by atoms with van der Waals surface area (Å²) in [5.41, 5.74) is 4.67. The molecule has 0 bridgehead atoms. The minimum atomic E-state index is -0.554. The van der Waals surface area contributed by atoms with Crippen LogP contribution in [-0.2, 0) is 9.53 Å². The Morgan fingerprint density at radius 1 is 1.17 bits per heavy atom. The van der Waals surface area contributed by atoms with Crippen molar-refractivity contribution in [2.75, 3.05) is 26.0 Å². The summed E-state index contributed by atoms with van der Waals surface area (Å²) in [6.45, 7) is 9.13. The molecule has 2 rings (SSSR count). The van der Waals surface area contributed by atoms with Gasteiger partial charge in [0.05, 0.1) is 31.0 Å². The number of hydrogen-bond donors (Lipinski definition) is 2. The number of ether oxygens (including phenoxy) is 1. The van der Waals surface area contributed by atoms with E-state index >= 15 is 0 Å². The number of aromatic amines is 1. The summed E-state index contributed by atoms with van der Waals surface area (Å²) in [5, 5.41) is 2.90. The molecule has 0 saturated carbocycles. The van der Waals surface area contributed by atoms with Crippen molar-refractivity contribution in [3.05, 3.63) is 51.8 Å². The summed E-state index contributed by atoms with van der Waals surface area (Å²) in [4.78, 5) is 42.1. The molecule has 0 spiro atoms. The highest BCUT2D eigenvalue weighted by Gasteiger charge is 2.28. The summed E-state index contributed by atoms with van der Waals surface area (Å²) in [6.07, 6.45) is 0. The Labute approximate surface area is 171 Å².